The van der Waals surface area contributed by atoms with Gasteiger partial charge in [-0.05, 0) is 29.7 Å². The van der Waals surface area contributed by atoms with Crippen molar-refractivity contribution < 1.29 is 4.79 Å². The van der Waals surface area contributed by atoms with Crippen LogP contribution in [0.4, 0.5) is 5.69 Å². The summed E-state index contributed by atoms with van der Waals surface area (Å²) < 4.78 is 0. The number of rotatable bonds is 2. The minimum Gasteiger partial charge on any atom is -0.312 e. The SMILES string of the molecule is CC(=O)N(CC(C)(C)C)c1ccc(Cl)cc1. The summed E-state index contributed by atoms with van der Waals surface area (Å²) in [5.74, 6) is 0.0530. The van der Waals surface area contributed by atoms with Crippen molar-refractivity contribution in [2.24, 2.45) is 5.41 Å². The molecule has 0 aliphatic carbocycles. The number of carbonyl (C=O) groups is 1. The van der Waals surface area contributed by atoms with E-state index < -0.39 is 0 Å². The molecule has 16 heavy (non-hydrogen) atoms. The fraction of sp³-hybridized carbons (Fsp3) is 0.462. The van der Waals surface area contributed by atoms with Gasteiger partial charge >= 0.3 is 0 Å². The monoisotopic (exact) mass is 239 g/mol. The van der Waals surface area contributed by atoms with Crippen LogP contribution in [0.25, 0.3) is 0 Å². The second-order valence-corrected chi connectivity index (χ2v) is 5.58. The van der Waals surface area contributed by atoms with E-state index in [4.69, 9.17) is 11.6 Å². The van der Waals surface area contributed by atoms with Gasteiger partial charge in [-0.15, -0.1) is 0 Å². The fourth-order valence-corrected chi connectivity index (χ4v) is 1.61. The molecule has 2 nitrogen and oxygen atoms in total. The Labute approximate surface area is 102 Å². The number of halogens is 1. The first kappa shape index (κ1) is 13.0. The average Bonchev–Trinajstić information content (AvgIpc) is 2.14. The van der Waals surface area contributed by atoms with Crippen molar-refractivity contribution >= 4 is 23.2 Å². The van der Waals surface area contributed by atoms with Gasteiger partial charge in [-0.2, -0.15) is 0 Å². The Morgan fingerprint density at radius 2 is 1.75 bits per heavy atom. The van der Waals surface area contributed by atoms with Gasteiger partial charge < -0.3 is 4.90 Å². The minimum absolute atomic E-state index is 0.0530. The first-order valence-electron chi connectivity index (χ1n) is 5.33. The van der Waals surface area contributed by atoms with Crippen molar-refractivity contribution in [2.75, 3.05) is 11.4 Å². The van der Waals surface area contributed by atoms with Crippen molar-refractivity contribution in [3.63, 3.8) is 0 Å². The van der Waals surface area contributed by atoms with E-state index in [1.165, 1.54) is 0 Å². The third-order valence-electron chi connectivity index (χ3n) is 2.15. The molecule has 1 aromatic rings. The van der Waals surface area contributed by atoms with Crippen LogP contribution in [-0.2, 0) is 4.79 Å². The van der Waals surface area contributed by atoms with Gasteiger partial charge in [0.2, 0.25) is 5.91 Å². The lowest BCUT2D eigenvalue weighted by atomic mass is 9.95. The molecule has 0 saturated carbocycles. The second kappa shape index (κ2) is 4.88. The van der Waals surface area contributed by atoms with E-state index in [0.29, 0.717) is 11.6 Å². The summed E-state index contributed by atoms with van der Waals surface area (Å²) in [5.41, 5.74) is 0.970. The summed E-state index contributed by atoms with van der Waals surface area (Å²) in [6.45, 7) is 8.61. The number of nitrogens with zero attached hydrogens (tertiary/aromatic N) is 1. The molecular weight excluding hydrogens is 222 g/mol. The standard InChI is InChI=1S/C13H18ClNO/c1-10(16)15(9-13(2,3)4)12-7-5-11(14)6-8-12/h5-8H,9H2,1-4H3. The first-order valence-corrected chi connectivity index (χ1v) is 5.71. The lowest BCUT2D eigenvalue weighted by molar-refractivity contribution is -0.116. The van der Waals surface area contributed by atoms with E-state index in [0.717, 1.165) is 5.69 Å². The number of amides is 1. The smallest absolute Gasteiger partial charge is 0.223 e. The van der Waals surface area contributed by atoms with Crippen molar-refractivity contribution in [1.29, 1.82) is 0 Å². The number of carbonyl (C=O) groups excluding carboxylic acids is 1. The Hall–Kier alpha value is -1.02. The topological polar surface area (TPSA) is 20.3 Å². The van der Waals surface area contributed by atoms with Crippen LogP contribution >= 0.6 is 11.6 Å². The Kier molecular flexibility index (Phi) is 3.98. The van der Waals surface area contributed by atoms with Gasteiger partial charge in [0.15, 0.2) is 0 Å². The van der Waals surface area contributed by atoms with Gasteiger partial charge in [0.25, 0.3) is 0 Å². The maximum atomic E-state index is 11.6. The zero-order valence-corrected chi connectivity index (χ0v) is 11.0. The first-order chi connectivity index (χ1) is 7.29. The van der Waals surface area contributed by atoms with Crippen molar-refractivity contribution in [3.05, 3.63) is 29.3 Å². The normalized spacial score (nSPS) is 11.3. The quantitative estimate of drug-likeness (QED) is 0.770. The number of benzene rings is 1. The number of hydrogen-bond acceptors (Lipinski definition) is 1. The van der Waals surface area contributed by atoms with E-state index in [9.17, 15) is 4.79 Å². The zero-order chi connectivity index (χ0) is 12.3. The van der Waals surface area contributed by atoms with Crippen molar-refractivity contribution in [1.82, 2.24) is 0 Å². The number of anilines is 1. The molecule has 3 heteroatoms. The molecule has 0 fully saturated rings. The molecule has 1 aromatic carbocycles. The zero-order valence-electron chi connectivity index (χ0n) is 10.2. The van der Waals surface area contributed by atoms with Crippen LogP contribution in [0.1, 0.15) is 27.7 Å². The summed E-state index contributed by atoms with van der Waals surface area (Å²) in [6, 6.07) is 7.34. The summed E-state index contributed by atoms with van der Waals surface area (Å²) in [4.78, 5) is 13.4. The molecule has 0 N–H and O–H groups in total. The largest absolute Gasteiger partial charge is 0.312 e. The summed E-state index contributed by atoms with van der Waals surface area (Å²) in [7, 11) is 0. The molecule has 88 valence electrons. The van der Waals surface area contributed by atoms with Gasteiger partial charge in [0.1, 0.15) is 0 Å². The van der Waals surface area contributed by atoms with Gasteiger partial charge in [-0.1, -0.05) is 32.4 Å². The molecule has 1 amide bonds. The molecular formula is C13H18ClNO. The maximum Gasteiger partial charge on any atom is 0.223 e. The van der Waals surface area contributed by atoms with E-state index in [2.05, 4.69) is 20.8 Å². The van der Waals surface area contributed by atoms with Gasteiger partial charge in [0.05, 0.1) is 0 Å². The maximum absolute atomic E-state index is 11.6. The van der Waals surface area contributed by atoms with E-state index >= 15 is 0 Å². The third-order valence-corrected chi connectivity index (χ3v) is 2.40. The highest BCUT2D eigenvalue weighted by Crippen LogP contribution is 2.23. The summed E-state index contributed by atoms with van der Waals surface area (Å²) in [5, 5.41) is 0.683. The van der Waals surface area contributed by atoms with E-state index in [1.807, 2.05) is 12.1 Å². The van der Waals surface area contributed by atoms with Gasteiger partial charge in [0, 0.05) is 24.2 Å². The molecule has 0 aliphatic rings. The third kappa shape index (κ3) is 3.86. The molecule has 0 radical (unpaired) electrons. The van der Waals surface area contributed by atoms with Crippen molar-refractivity contribution in [2.45, 2.75) is 27.7 Å². The molecule has 0 bridgehead atoms. The molecule has 0 heterocycles. The highest BCUT2D eigenvalue weighted by Gasteiger charge is 2.19. The predicted octanol–water partition coefficient (Wildman–Crippen LogP) is 3.74. The van der Waals surface area contributed by atoms with Gasteiger partial charge in [-0.25, -0.2) is 0 Å². The van der Waals surface area contributed by atoms with Crippen LogP contribution in [0.3, 0.4) is 0 Å². The molecule has 0 unspecified atom stereocenters. The predicted molar refractivity (Wildman–Crippen MR) is 68.9 cm³/mol. The highest BCUT2D eigenvalue weighted by molar-refractivity contribution is 6.30. The van der Waals surface area contributed by atoms with Crippen LogP contribution in [0, 0.1) is 5.41 Å². The molecule has 0 aliphatic heterocycles. The fourth-order valence-electron chi connectivity index (χ4n) is 1.48. The van der Waals surface area contributed by atoms with Gasteiger partial charge in [-0.3, -0.25) is 4.79 Å². The molecule has 0 atom stereocenters. The Bertz CT molecular complexity index is 365. The summed E-state index contributed by atoms with van der Waals surface area (Å²) >= 11 is 5.83. The Morgan fingerprint density at radius 3 is 2.12 bits per heavy atom. The van der Waals surface area contributed by atoms with E-state index in [1.54, 1.807) is 24.0 Å². The van der Waals surface area contributed by atoms with Crippen LogP contribution in [0.15, 0.2) is 24.3 Å². The van der Waals surface area contributed by atoms with E-state index in [-0.39, 0.29) is 11.3 Å². The summed E-state index contributed by atoms with van der Waals surface area (Å²) in [6.07, 6.45) is 0. The molecule has 0 aromatic heterocycles. The Balaban J connectivity index is 2.94. The molecule has 0 spiro atoms. The van der Waals surface area contributed by atoms with Crippen LogP contribution in [0.5, 0.6) is 0 Å². The van der Waals surface area contributed by atoms with Crippen LogP contribution < -0.4 is 4.90 Å². The van der Waals surface area contributed by atoms with Crippen LogP contribution in [-0.4, -0.2) is 12.5 Å². The lowest BCUT2D eigenvalue weighted by Crippen LogP contribution is -2.36. The highest BCUT2D eigenvalue weighted by atomic mass is 35.5. The average molecular weight is 240 g/mol. The Morgan fingerprint density at radius 1 is 1.25 bits per heavy atom. The van der Waals surface area contributed by atoms with Crippen molar-refractivity contribution in [3.8, 4) is 0 Å². The van der Waals surface area contributed by atoms with Crippen LogP contribution in [0.2, 0.25) is 5.02 Å². The molecule has 0 saturated heterocycles. The number of hydrogen-bond donors (Lipinski definition) is 0. The minimum atomic E-state index is 0.0530. The lowest BCUT2D eigenvalue weighted by Gasteiger charge is -2.29. The molecule has 1 rings (SSSR count). The second-order valence-electron chi connectivity index (χ2n) is 5.14.